The standard InChI is InChI=1S/C12H17NO3/c1-2-15-12(14)11-6-5-10(16-11)9-13-7-3-4-8-13/h5-6H,2-4,7-9H2,1H3. The van der Waals surface area contributed by atoms with Crippen LogP contribution in [0.2, 0.25) is 0 Å². The van der Waals surface area contributed by atoms with Crippen LogP contribution >= 0.6 is 0 Å². The molecule has 0 spiro atoms. The normalized spacial score (nSPS) is 16.6. The molecule has 1 saturated heterocycles. The van der Waals surface area contributed by atoms with Gasteiger partial charge < -0.3 is 9.15 Å². The lowest BCUT2D eigenvalue weighted by molar-refractivity contribution is 0.0486. The van der Waals surface area contributed by atoms with Gasteiger partial charge in [0.15, 0.2) is 0 Å². The molecular weight excluding hydrogens is 206 g/mol. The largest absolute Gasteiger partial charge is 0.460 e. The first-order valence-corrected chi connectivity index (χ1v) is 5.78. The highest BCUT2D eigenvalue weighted by molar-refractivity contribution is 5.86. The molecule has 1 aliphatic rings. The fourth-order valence-electron chi connectivity index (χ4n) is 1.94. The molecule has 1 fully saturated rings. The molecule has 1 aromatic rings. The summed E-state index contributed by atoms with van der Waals surface area (Å²) in [4.78, 5) is 13.7. The molecule has 0 saturated carbocycles. The minimum atomic E-state index is -0.379. The Balaban J connectivity index is 1.93. The van der Waals surface area contributed by atoms with E-state index in [1.807, 2.05) is 6.07 Å². The Kier molecular flexibility index (Phi) is 3.62. The van der Waals surface area contributed by atoms with Gasteiger partial charge in [0.2, 0.25) is 5.76 Å². The maximum Gasteiger partial charge on any atom is 0.374 e. The van der Waals surface area contributed by atoms with Gasteiger partial charge in [-0.05, 0) is 45.0 Å². The second-order valence-electron chi connectivity index (χ2n) is 3.97. The third kappa shape index (κ3) is 2.64. The average Bonchev–Trinajstić information content (AvgIpc) is 2.90. The van der Waals surface area contributed by atoms with Gasteiger partial charge in [0.1, 0.15) is 5.76 Å². The van der Waals surface area contributed by atoms with Crippen molar-refractivity contribution >= 4 is 5.97 Å². The van der Waals surface area contributed by atoms with Gasteiger partial charge in [-0.25, -0.2) is 4.79 Å². The fraction of sp³-hybridized carbons (Fsp3) is 0.583. The number of nitrogens with zero attached hydrogens (tertiary/aromatic N) is 1. The van der Waals surface area contributed by atoms with Gasteiger partial charge in [-0.15, -0.1) is 0 Å². The summed E-state index contributed by atoms with van der Waals surface area (Å²) in [7, 11) is 0. The Bertz CT molecular complexity index is 353. The Labute approximate surface area is 95.2 Å². The molecule has 1 aliphatic heterocycles. The molecular formula is C12H17NO3. The van der Waals surface area contributed by atoms with Crippen LogP contribution < -0.4 is 0 Å². The second kappa shape index (κ2) is 5.16. The van der Waals surface area contributed by atoms with Crippen LogP contribution in [0, 0.1) is 0 Å². The SMILES string of the molecule is CCOC(=O)c1ccc(CN2CCCC2)o1. The number of esters is 1. The Morgan fingerprint density at radius 1 is 1.44 bits per heavy atom. The molecule has 0 unspecified atom stereocenters. The lowest BCUT2D eigenvalue weighted by atomic mass is 10.4. The summed E-state index contributed by atoms with van der Waals surface area (Å²) in [6.07, 6.45) is 2.51. The predicted octanol–water partition coefficient (Wildman–Crippen LogP) is 2.05. The smallest absolute Gasteiger partial charge is 0.374 e. The topological polar surface area (TPSA) is 42.7 Å². The van der Waals surface area contributed by atoms with Gasteiger partial charge in [-0.1, -0.05) is 0 Å². The first-order valence-electron chi connectivity index (χ1n) is 5.78. The zero-order valence-electron chi connectivity index (χ0n) is 9.57. The van der Waals surface area contributed by atoms with Gasteiger partial charge in [0, 0.05) is 0 Å². The van der Waals surface area contributed by atoms with E-state index < -0.39 is 0 Å². The molecule has 88 valence electrons. The van der Waals surface area contributed by atoms with E-state index in [-0.39, 0.29) is 5.97 Å². The summed E-state index contributed by atoms with van der Waals surface area (Å²) < 4.78 is 10.3. The van der Waals surface area contributed by atoms with Crippen LogP contribution in [0.1, 0.15) is 36.1 Å². The zero-order chi connectivity index (χ0) is 11.4. The van der Waals surface area contributed by atoms with Gasteiger partial charge >= 0.3 is 5.97 Å². The van der Waals surface area contributed by atoms with Crippen LogP contribution in [0.4, 0.5) is 0 Å². The number of carbonyl (C=O) groups excluding carboxylic acids is 1. The molecule has 0 bridgehead atoms. The predicted molar refractivity (Wildman–Crippen MR) is 59.2 cm³/mol. The molecule has 0 aliphatic carbocycles. The molecule has 2 heterocycles. The Morgan fingerprint density at radius 2 is 2.19 bits per heavy atom. The molecule has 0 amide bonds. The summed E-state index contributed by atoms with van der Waals surface area (Å²) >= 11 is 0. The number of furan rings is 1. The van der Waals surface area contributed by atoms with Crippen molar-refractivity contribution in [3.05, 3.63) is 23.7 Å². The summed E-state index contributed by atoms with van der Waals surface area (Å²) in [6, 6.07) is 3.54. The van der Waals surface area contributed by atoms with E-state index in [1.54, 1.807) is 13.0 Å². The zero-order valence-corrected chi connectivity index (χ0v) is 9.57. The van der Waals surface area contributed by atoms with Gasteiger partial charge in [0.05, 0.1) is 13.2 Å². The molecule has 0 N–H and O–H groups in total. The summed E-state index contributed by atoms with van der Waals surface area (Å²) in [5.41, 5.74) is 0. The van der Waals surface area contributed by atoms with Crippen molar-refractivity contribution in [3.63, 3.8) is 0 Å². The summed E-state index contributed by atoms with van der Waals surface area (Å²) in [5, 5.41) is 0. The molecule has 2 rings (SSSR count). The lowest BCUT2D eigenvalue weighted by Gasteiger charge is -2.11. The highest BCUT2D eigenvalue weighted by Crippen LogP contribution is 2.15. The van der Waals surface area contributed by atoms with E-state index in [2.05, 4.69) is 4.90 Å². The Morgan fingerprint density at radius 3 is 2.88 bits per heavy atom. The average molecular weight is 223 g/mol. The minimum absolute atomic E-state index is 0.302. The third-order valence-corrected chi connectivity index (χ3v) is 2.72. The number of rotatable bonds is 4. The van der Waals surface area contributed by atoms with E-state index in [0.717, 1.165) is 25.4 Å². The van der Waals surface area contributed by atoms with Crippen LogP contribution in [-0.2, 0) is 11.3 Å². The highest BCUT2D eigenvalue weighted by Gasteiger charge is 2.16. The van der Waals surface area contributed by atoms with Crippen molar-refractivity contribution in [2.75, 3.05) is 19.7 Å². The first-order chi connectivity index (χ1) is 7.79. The van der Waals surface area contributed by atoms with Crippen LogP contribution in [-0.4, -0.2) is 30.6 Å². The van der Waals surface area contributed by atoms with Crippen molar-refractivity contribution in [2.24, 2.45) is 0 Å². The summed E-state index contributed by atoms with van der Waals surface area (Å²) in [6.45, 7) is 5.19. The van der Waals surface area contributed by atoms with Crippen LogP contribution in [0.5, 0.6) is 0 Å². The van der Waals surface area contributed by atoms with E-state index in [9.17, 15) is 4.79 Å². The van der Waals surface area contributed by atoms with Crippen molar-refractivity contribution in [2.45, 2.75) is 26.3 Å². The van der Waals surface area contributed by atoms with Crippen molar-refractivity contribution in [1.29, 1.82) is 0 Å². The molecule has 4 nitrogen and oxygen atoms in total. The fourth-order valence-corrected chi connectivity index (χ4v) is 1.94. The minimum Gasteiger partial charge on any atom is -0.460 e. The Hall–Kier alpha value is -1.29. The van der Waals surface area contributed by atoms with E-state index >= 15 is 0 Å². The molecule has 0 atom stereocenters. The number of carbonyl (C=O) groups is 1. The highest BCUT2D eigenvalue weighted by atomic mass is 16.5. The summed E-state index contributed by atoms with van der Waals surface area (Å²) in [5.74, 6) is 0.760. The molecule has 16 heavy (non-hydrogen) atoms. The molecule has 4 heteroatoms. The van der Waals surface area contributed by atoms with E-state index in [1.165, 1.54) is 12.8 Å². The second-order valence-corrected chi connectivity index (χ2v) is 3.97. The van der Waals surface area contributed by atoms with E-state index in [0.29, 0.717) is 12.4 Å². The van der Waals surface area contributed by atoms with Crippen LogP contribution in [0.15, 0.2) is 16.5 Å². The number of ether oxygens (including phenoxy) is 1. The molecule has 0 aromatic carbocycles. The number of likely N-dealkylation sites (tertiary alicyclic amines) is 1. The van der Waals surface area contributed by atoms with Crippen molar-refractivity contribution in [1.82, 2.24) is 4.90 Å². The molecule has 1 aromatic heterocycles. The maximum absolute atomic E-state index is 11.4. The first kappa shape index (κ1) is 11.2. The molecule has 0 radical (unpaired) electrons. The van der Waals surface area contributed by atoms with E-state index in [4.69, 9.17) is 9.15 Å². The third-order valence-electron chi connectivity index (χ3n) is 2.72. The quantitative estimate of drug-likeness (QED) is 0.733. The number of hydrogen-bond acceptors (Lipinski definition) is 4. The van der Waals surface area contributed by atoms with Crippen LogP contribution in [0.25, 0.3) is 0 Å². The van der Waals surface area contributed by atoms with Gasteiger partial charge in [-0.2, -0.15) is 0 Å². The van der Waals surface area contributed by atoms with Crippen LogP contribution in [0.3, 0.4) is 0 Å². The maximum atomic E-state index is 11.4. The van der Waals surface area contributed by atoms with Gasteiger partial charge in [0.25, 0.3) is 0 Å². The number of hydrogen-bond donors (Lipinski definition) is 0. The lowest BCUT2D eigenvalue weighted by Crippen LogP contribution is -2.17. The monoisotopic (exact) mass is 223 g/mol. The van der Waals surface area contributed by atoms with Crippen molar-refractivity contribution < 1.29 is 13.9 Å². The van der Waals surface area contributed by atoms with Crippen molar-refractivity contribution in [3.8, 4) is 0 Å². The van der Waals surface area contributed by atoms with Gasteiger partial charge in [-0.3, -0.25) is 4.90 Å².